The predicted octanol–water partition coefficient (Wildman–Crippen LogP) is -0.651. The summed E-state index contributed by atoms with van der Waals surface area (Å²) in [6.45, 7) is 7.26. The highest BCUT2D eigenvalue weighted by Crippen LogP contribution is 2.08. The quantitative estimate of drug-likeness (QED) is 0.166. The van der Waals surface area contributed by atoms with E-state index in [1.807, 2.05) is 13.8 Å². The molecule has 0 aromatic carbocycles. The number of carbonyl (C=O) groups is 5. The highest BCUT2D eigenvalue weighted by atomic mass is 32.1. The molecule has 0 spiro atoms. The highest BCUT2D eigenvalue weighted by molar-refractivity contribution is 7.80. The molecule has 31 heavy (non-hydrogen) atoms. The molecule has 4 atom stereocenters. The topological polar surface area (TPSA) is 188 Å². The molecule has 0 bridgehead atoms. The van der Waals surface area contributed by atoms with Gasteiger partial charge >= 0.3 is 11.9 Å². The van der Waals surface area contributed by atoms with Crippen LogP contribution in [0.2, 0.25) is 0 Å². The normalized spacial score (nSPS) is 15.0. The van der Waals surface area contributed by atoms with Gasteiger partial charge in [-0.25, -0.2) is 4.79 Å². The molecular weight excluding hydrogens is 428 g/mol. The lowest BCUT2D eigenvalue weighted by atomic mass is 10.0. The summed E-state index contributed by atoms with van der Waals surface area (Å²) < 4.78 is 0. The Bertz CT molecular complexity index is 657. The van der Waals surface area contributed by atoms with E-state index in [1.165, 1.54) is 0 Å². The van der Waals surface area contributed by atoms with Crippen LogP contribution in [-0.2, 0) is 24.0 Å². The van der Waals surface area contributed by atoms with Crippen LogP contribution in [0.15, 0.2) is 0 Å². The van der Waals surface area contributed by atoms with Gasteiger partial charge in [-0.2, -0.15) is 12.6 Å². The maximum atomic E-state index is 12.7. The Morgan fingerprint density at radius 3 is 1.74 bits per heavy atom. The molecule has 0 aromatic rings. The Hall–Kier alpha value is -2.34. The SMILES string of the molecule is CC(C)CC(NC(=O)C(N)C(C)C)C(=O)NC(CS)C(=O)NC(CCC(=O)O)C(=O)O. The predicted molar refractivity (Wildman–Crippen MR) is 116 cm³/mol. The number of nitrogens with one attached hydrogen (secondary N) is 3. The van der Waals surface area contributed by atoms with Crippen molar-refractivity contribution < 1.29 is 34.2 Å². The molecule has 0 heterocycles. The van der Waals surface area contributed by atoms with E-state index in [4.69, 9.17) is 10.8 Å². The first-order valence-electron chi connectivity index (χ1n) is 10.0. The number of carbonyl (C=O) groups excluding carboxylic acids is 3. The van der Waals surface area contributed by atoms with E-state index in [1.54, 1.807) is 13.8 Å². The Labute approximate surface area is 187 Å². The number of carboxylic acid groups (broad SMARTS) is 2. The molecular formula is C19H34N4O7S. The van der Waals surface area contributed by atoms with Crippen LogP contribution in [0.4, 0.5) is 0 Å². The molecule has 0 fully saturated rings. The fraction of sp³-hybridized carbons (Fsp3) is 0.737. The number of thiol groups is 1. The monoisotopic (exact) mass is 462 g/mol. The number of hydrogen-bond donors (Lipinski definition) is 7. The summed E-state index contributed by atoms with van der Waals surface area (Å²) >= 11 is 4.03. The largest absolute Gasteiger partial charge is 0.481 e. The van der Waals surface area contributed by atoms with E-state index in [-0.39, 0.29) is 24.0 Å². The highest BCUT2D eigenvalue weighted by Gasteiger charge is 2.30. The van der Waals surface area contributed by atoms with Crippen molar-refractivity contribution in [2.24, 2.45) is 17.6 Å². The molecule has 11 nitrogen and oxygen atoms in total. The van der Waals surface area contributed by atoms with Crippen molar-refractivity contribution >= 4 is 42.3 Å². The average molecular weight is 463 g/mol. The number of amides is 3. The molecule has 0 aromatic heterocycles. The van der Waals surface area contributed by atoms with E-state index in [0.717, 1.165) is 0 Å². The molecule has 0 saturated heterocycles. The number of carboxylic acids is 2. The standard InChI is InChI=1S/C19H34N4O7S/c1-9(2)7-12(22-18(28)15(20)10(3)4)16(26)23-13(8-31)17(27)21-11(19(29)30)5-6-14(24)25/h9-13,15,31H,5-8,20H2,1-4H3,(H,21,27)(H,22,28)(H,23,26)(H,24,25)(H,29,30). The van der Waals surface area contributed by atoms with Crippen LogP contribution < -0.4 is 21.7 Å². The summed E-state index contributed by atoms with van der Waals surface area (Å²) in [5, 5.41) is 25.2. The van der Waals surface area contributed by atoms with Crippen molar-refractivity contribution in [3.63, 3.8) is 0 Å². The molecule has 7 N–H and O–H groups in total. The molecule has 178 valence electrons. The summed E-state index contributed by atoms with van der Waals surface area (Å²) in [6, 6.07) is -4.38. The van der Waals surface area contributed by atoms with Crippen molar-refractivity contribution in [2.75, 3.05) is 5.75 Å². The van der Waals surface area contributed by atoms with Crippen LogP contribution in [0.25, 0.3) is 0 Å². The fourth-order valence-corrected chi connectivity index (χ4v) is 2.79. The van der Waals surface area contributed by atoms with Crippen molar-refractivity contribution in [1.82, 2.24) is 16.0 Å². The van der Waals surface area contributed by atoms with Crippen LogP contribution in [-0.4, -0.2) is 69.8 Å². The molecule has 0 aliphatic heterocycles. The fourth-order valence-electron chi connectivity index (χ4n) is 2.54. The molecule has 12 heteroatoms. The van der Waals surface area contributed by atoms with Crippen molar-refractivity contribution in [1.29, 1.82) is 0 Å². The number of nitrogens with two attached hydrogens (primary N) is 1. The van der Waals surface area contributed by atoms with Crippen LogP contribution in [0, 0.1) is 11.8 Å². The van der Waals surface area contributed by atoms with Crippen LogP contribution in [0.3, 0.4) is 0 Å². The molecule has 3 amide bonds. The summed E-state index contributed by atoms with van der Waals surface area (Å²) in [6.07, 6.45) is -0.476. The maximum Gasteiger partial charge on any atom is 0.326 e. The first-order chi connectivity index (χ1) is 14.3. The third kappa shape index (κ3) is 11.0. The number of hydrogen-bond acceptors (Lipinski definition) is 7. The summed E-state index contributed by atoms with van der Waals surface area (Å²) in [5.74, 6) is -4.80. The van der Waals surface area contributed by atoms with Gasteiger partial charge in [0, 0.05) is 12.2 Å². The minimum atomic E-state index is -1.43. The second-order valence-corrected chi connectivity index (χ2v) is 8.40. The Morgan fingerprint density at radius 1 is 0.839 bits per heavy atom. The van der Waals surface area contributed by atoms with Gasteiger partial charge in [-0.1, -0.05) is 27.7 Å². The van der Waals surface area contributed by atoms with E-state index < -0.39 is 60.2 Å². The summed E-state index contributed by atoms with van der Waals surface area (Å²) in [7, 11) is 0. The van der Waals surface area contributed by atoms with Gasteiger partial charge in [-0.05, 0) is 24.7 Å². The van der Waals surface area contributed by atoms with E-state index in [2.05, 4.69) is 28.6 Å². The first kappa shape index (κ1) is 28.7. The maximum absolute atomic E-state index is 12.7. The van der Waals surface area contributed by atoms with Crippen LogP contribution in [0.1, 0.15) is 47.0 Å². The second kappa shape index (κ2) is 13.9. The van der Waals surface area contributed by atoms with Crippen LogP contribution >= 0.6 is 12.6 Å². The van der Waals surface area contributed by atoms with Gasteiger partial charge in [0.25, 0.3) is 0 Å². The van der Waals surface area contributed by atoms with E-state index in [0.29, 0.717) is 6.42 Å². The minimum Gasteiger partial charge on any atom is -0.481 e. The van der Waals surface area contributed by atoms with Crippen molar-refractivity contribution in [3.8, 4) is 0 Å². The van der Waals surface area contributed by atoms with Gasteiger partial charge in [-0.3, -0.25) is 19.2 Å². The third-order valence-corrected chi connectivity index (χ3v) is 4.80. The zero-order valence-corrected chi connectivity index (χ0v) is 19.1. The zero-order valence-electron chi connectivity index (χ0n) is 18.3. The Morgan fingerprint density at radius 2 is 1.32 bits per heavy atom. The lowest BCUT2D eigenvalue weighted by molar-refractivity contribution is -0.143. The Balaban J connectivity index is 5.24. The average Bonchev–Trinajstić information content (AvgIpc) is 2.66. The number of aliphatic carboxylic acids is 2. The third-order valence-electron chi connectivity index (χ3n) is 4.44. The number of rotatable bonds is 14. The lowest BCUT2D eigenvalue weighted by Gasteiger charge is -2.26. The smallest absolute Gasteiger partial charge is 0.326 e. The molecule has 0 rings (SSSR count). The van der Waals surface area contributed by atoms with Crippen molar-refractivity contribution in [3.05, 3.63) is 0 Å². The van der Waals surface area contributed by atoms with Gasteiger partial charge < -0.3 is 31.9 Å². The second-order valence-electron chi connectivity index (χ2n) is 8.04. The van der Waals surface area contributed by atoms with Gasteiger partial charge in [-0.15, -0.1) is 0 Å². The first-order valence-corrected chi connectivity index (χ1v) is 10.6. The van der Waals surface area contributed by atoms with Crippen molar-refractivity contribution in [2.45, 2.75) is 71.1 Å². The van der Waals surface area contributed by atoms with Gasteiger partial charge in [0.05, 0.1) is 6.04 Å². The van der Waals surface area contributed by atoms with Gasteiger partial charge in [0.2, 0.25) is 17.7 Å². The minimum absolute atomic E-state index is 0.0435. The van der Waals surface area contributed by atoms with Crippen LogP contribution in [0.5, 0.6) is 0 Å². The lowest BCUT2D eigenvalue weighted by Crippen LogP contribution is -2.58. The Kier molecular flexibility index (Phi) is 12.8. The molecule has 0 aliphatic rings. The van der Waals surface area contributed by atoms with E-state index in [9.17, 15) is 29.1 Å². The van der Waals surface area contributed by atoms with Gasteiger partial charge in [0.1, 0.15) is 18.1 Å². The van der Waals surface area contributed by atoms with Gasteiger partial charge in [0.15, 0.2) is 0 Å². The van der Waals surface area contributed by atoms with E-state index >= 15 is 0 Å². The molecule has 0 saturated carbocycles. The zero-order chi connectivity index (χ0) is 24.3. The summed E-state index contributed by atoms with van der Waals surface area (Å²) in [4.78, 5) is 59.4. The molecule has 0 radical (unpaired) electrons. The molecule has 4 unspecified atom stereocenters. The summed E-state index contributed by atoms with van der Waals surface area (Å²) in [5.41, 5.74) is 5.83. The molecule has 0 aliphatic carbocycles.